The molecule has 31 heavy (non-hydrogen) atoms. The monoisotopic (exact) mass is 417 g/mol. The molecule has 3 aromatic carbocycles. The molecule has 1 aromatic heterocycles. The van der Waals surface area contributed by atoms with E-state index < -0.39 is 11.6 Å². The number of carbonyl (C=O) groups excluding carboxylic acids is 1. The van der Waals surface area contributed by atoms with Crippen molar-refractivity contribution < 1.29 is 13.6 Å². The minimum Gasteiger partial charge on any atom is -0.326 e. The van der Waals surface area contributed by atoms with Gasteiger partial charge in [-0.1, -0.05) is 36.4 Å². The van der Waals surface area contributed by atoms with Crippen LogP contribution in [0.1, 0.15) is 16.7 Å². The number of carbonyl (C=O) groups is 1. The van der Waals surface area contributed by atoms with E-state index in [1.165, 1.54) is 17.0 Å². The third-order valence-corrected chi connectivity index (χ3v) is 5.14. The number of benzene rings is 3. The zero-order chi connectivity index (χ0) is 21.8. The number of rotatable bonds is 6. The molecule has 0 radical (unpaired) electrons. The van der Waals surface area contributed by atoms with Crippen LogP contribution in [0.5, 0.6) is 0 Å². The van der Waals surface area contributed by atoms with Gasteiger partial charge in [-0.2, -0.15) is 0 Å². The highest BCUT2D eigenvalue weighted by molar-refractivity contribution is 5.97. The van der Waals surface area contributed by atoms with E-state index >= 15 is 0 Å². The second-order valence-corrected chi connectivity index (χ2v) is 7.32. The fraction of sp³-hybridized carbons (Fsp3) is 0.120. The number of pyridine rings is 1. The van der Waals surface area contributed by atoms with Gasteiger partial charge in [-0.05, 0) is 46.3 Å². The second-order valence-electron chi connectivity index (χ2n) is 7.32. The van der Waals surface area contributed by atoms with Crippen molar-refractivity contribution in [1.82, 2.24) is 4.98 Å². The molecule has 0 aliphatic carbocycles. The van der Waals surface area contributed by atoms with Gasteiger partial charge in [0.2, 0.25) is 5.91 Å². The molecule has 6 heteroatoms. The highest BCUT2D eigenvalue weighted by Gasteiger charge is 2.19. The first kappa shape index (κ1) is 20.6. The van der Waals surface area contributed by atoms with Gasteiger partial charge in [-0.3, -0.25) is 9.78 Å². The number of nitrogens with zero attached hydrogens (tertiary/aromatic N) is 2. The summed E-state index contributed by atoms with van der Waals surface area (Å²) < 4.78 is 27.5. The van der Waals surface area contributed by atoms with Crippen LogP contribution in [0.4, 0.5) is 14.5 Å². The van der Waals surface area contributed by atoms with Gasteiger partial charge in [0.1, 0.15) is 11.6 Å². The number of amides is 1. The quantitative estimate of drug-likeness (QED) is 0.493. The zero-order valence-corrected chi connectivity index (χ0v) is 16.8. The molecule has 0 aliphatic rings. The molecule has 0 aliphatic heterocycles. The SMILES string of the molecule is NCc1ccc(N(Cc2cc(F)cc(F)c2)C(=O)Cc2cncc3ccccc23)cc1. The first-order valence-corrected chi connectivity index (χ1v) is 9.89. The van der Waals surface area contributed by atoms with Crippen LogP contribution < -0.4 is 10.6 Å². The third-order valence-electron chi connectivity index (χ3n) is 5.14. The van der Waals surface area contributed by atoms with Crippen molar-refractivity contribution in [3.05, 3.63) is 107 Å². The Morgan fingerprint density at radius 2 is 1.61 bits per heavy atom. The molecule has 0 saturated heterocycles. The number of fused-ring (bicyclic) bond motifs is 1. The summed E-state index contributed by atoms with van der Waals surface area (Å²) in [6.45, 7) is 0.415. The molecule has 0 saturated carbocycles. The number of halogens is 2. The van der Waals surface area contributed by atoms with Gasteiger partial charge >= 0.3 is 0 Å². The lowest BCUT2D eigenvalue weighted by Gasteiger charge is -2.24. The lowest BCUT2D eigenvalue weighted by Crippen LogP contribution is -2.32. The largest absolute Gasteiger partial charge is 0.326 e. The van der Waals surface area contributed by atoms with Crippen molar-refractivity contribution in [2.45, 2.75) is 19.5 Å². The van der Waals surface area contributed by atoms with Gasteiger partial charge in [-0.15, -0.1) is 0 Å². The van der Waals surface area contributed by atoms with Crippen LogP contribution in [-0.2, 0) is 24.3 Å². The summed E-state index contributed by atoms with van der Waals surface area (Å²) in [7, 11) is 0. The molecule has 1 amide bonds. The van der Waals surface area contributed by atoms with Crippen LogP contribution in [0.25, 0.3) is 10.8 Å². The first-order valence-electron chi connectivity index (χ1n) is 9.89. The van der Waals surface area contributed by atoms with Crippen LogP contribution in [0.3, 0.4) is 0 Å². The van der Waals surface area contributed by atoms with Crippen molar-refractivity contribution in [1.29, 1.82) is 0 Å². The Bertz CT molecular complexity index is 1200. The molecule has 4 nitrogen and oxygen atoms in total. The summed E-state index contributed by atoms with van der Waals surface area (Å²) in [5, 5.41) is 1.89. The Morgan fingerprint density at radius 3 is 2.32 bits per heavy atom. The van der Waals surface area contributed by atoms with E-state index in [-0.39, 0.29) is 18.9 Å². The van der Waals surface area contributed by atoms with E-state index in [0.29, 0.717) is 17.8 Å². The molecule has 0 atom stereocenters. The van der Waals surface area contributed by atoms with Gasteiger partial charge in [0, 0.05) is 36.1 Å². The van der Waals surface area contributed by atoms with E-state index in [0.717, 1.165) is 28.0 Å². The van der Waals surface area contributed by atoms with Gasteiger partial charge in [0.05, 0.1) is 13.0 Å². The van der Waals surface area contributed by atoms with Crippen molar-refractivity contribution in [3.63, 3.8) is 0 Å². The zero-order valence-electron chi connectivity index (χ0n) is 16.8. The van der Waals surface area contributed by atoms with Crippen molar-refractivity contribution in [3.8, 4) is 0 Å². The van der Waals surface area contributed by atoms with E-state index in [2.05, 4.69) is 4.98 Å². The average molecular weight is 417 g/mol. The van der Waals surface area contributed by atoms with E-state index in [1.54, 1.807) is 24.5 Å². The van der Waals surface area contributed by atoms with E-state index in [4.69, 9.17) is 5.73 Å². The molecular formula is C25H21F2N3O. The smallest absolute Gasteiger partial charge is 0.231 e. The second kappa shape index (κ2) is 9.02. The Balaban J connectivity index is 1.69. The molecular weight excluding hydrogens is 396 g/mol. The summed E-state index contributed by atoms with van der Waals surface area (Å²) in [4.78, 5) is 19.1. The summed E-state index contributed by atoms with van der Waals surface area (Å²) in [6.07, 6.45) is 3.53. The minimum atomic E-state index is -0.681. The van der Waals surface area contributed by atoms with Crippen molar-refractivity contribution in [2.75, 3.05) is 4.90 Å². The molecule has 0 bridgehead atoms. The van der Waals surface area contributed by atoms with Crippen LogP contribution >= 0.6 is 0 Å². The number of aromatic nitrogens is 1. The lowest BCUT2D eigenvalue weighted by atomic mass is 10.0. The van der Waals surface area contributed by atoms with Gasteiger partial charge < -0.3 is 10.6 Å². The van der Waals surface area contributed by atoms with Crippen molar-refractivity contribution >= 4 is 22.4 Å². The fourth-order valence-electron chi connectivity index (χ4n) is 3.60. The van der Waals surface area contributed by atoms with Crippen LogP contribution in [0.15, 0.2) is 79.1 Å². The van der Waals surface area contributed by atoms with Crippen molar-refractivity contribution in [2.24, 2.45) is 5.73 Å². The van der Waals surface area contributed by atoms with Gasteiger partial charge in [-0.25, -0.2) is 8.78 Å². The maximum atomic E-state index is 13.7. The standard InChI is InChI=1S/C25H21F2N3O/c26-21-9-18(10-22(27)12-21)16-30(23-7-5-17(13-28)6-8-23)25(31)11-20-15-29-14-19-3-1-2-4-24(19)20/h1-10,12,14-15H,11,13,16,28H2. The molecule has 1 heterocycles. The highest BCUT2D eigenvalue weighted by atomic mass is 19.1. The fourth-order valence-corrected chi connectivity index (χ4v) is 3.60. The maximum absolute atomic E-state index is 13.7. The minimum absolute atomic E-state index is 0.0354. The van der Waals surface area contributed by atoms with Gasteiger partial charge in [0.15, 0.2) is 0 Å². The Labute approximate surface area is 178 Å². The Morgan fingerprint density at radius 1 is 0.903 bits per heavy atom. The number of hydrogen-bond donors (Lipinski definition) is 1. The van der Waals surface area contributed by atoms with Crippen LogP contribution in [0, 0.1) is 11.6 Å². The summed E-state index contributed by atoms with van der Waals surface area (Å²) in [5.74, 6) is -1.57. The lowest BCUT2D eigenvalue weighted by molar-refractivity contribution is -0.118. The summed E-state index contributed by atoms with van der Waals surface area (Å²) in [6, 6.07) is 18.2. The normalized spacial score (nSPS) is 10.9. The van der Waals surface area contributed by atoms with E-state index in [9.17, 15) is 13.6 Å². The highest BCUT2D eigenvalue weighted by Crippen LogP contribution is 2.23. The molecule has 0 fully saturated rings. The third kappa shape index (κ3) is 4.75. The Kier molecular flexibility index (Phi) is 6.00. The molecule has 0 spiro atoms. The summed E-state index contributed by atoms with van der Waals surface area (Å²) in [5.41, 5.74) is 8.38. The molecule has 0 unspecified atom stereocenters. The average Bonchev–Trinajstić information content (AvgIpc) is 2.77. The molecule has 4 aromatic rings. The number of nitrogens with two attached hydrogens (primary N) is 1. The maximum Gasteiger partial charge on any atom is 0.231 e. The molecule has 2 N–H and O–H groups in total. The molecule has 4 rings (SSSR count). The van der Waals surface area contributed by atoms with E-state index in [1.807, 2.05) is 36.4 Å². The predicted molar refractivity (Wildman–Crippen MR) is 117 cm³/mol. The van der Waals surface area contributed by atoms with Gasteiger partial charge in [0.25, 0.3) is 0 Å². The molecule has 156 valence electrons. The predicted octanol–water partition coefficient (Wildman–Crippen LogP) is 4.75. The number of hydrogen-bond acceptors (Lipinski definition) is 3. The summed E-state index contributed by atoms with van der Waals surface area (Å²) >= 11 is 0. The Hall–Kier alpha value is -3.64. The topological polar surface area (TPSA) is 59.2 Å². The van der Waals surface area contributed by atoms with Crippen LogP contribution in [0.2, 0.25) is 0 Å². The first-order chi connectivity index (χ1) is 15.0. The van der Waals surface area contributed by atoms with Crippen LogP contribution in [-0.4, -0.2) is 10.9 Å². The number of anilines is 1.